The Labute approximate surface area is 176 Å². The van der Waals surface area contributed by atoms with Crippen LogP contribution in [0.25, 0.3) is 0 Å². The van der Waals surface area contributed by atoms with Crippen LogP contribution in [0.3, 0.4) is 0 Å². The number of hydrogen-bond donors (Lipinski definition) is 3. The second-order valence-corrected chi connectivity index (χ2v) is 7.67. The molecular weight excluding hydrogens is 418 g/mol. The zero-order valence-electron chi connectivity index (χ0n) is 15.9. The van der Waals surface area contributed by atoms with Crippen molar-refractivity contribution >= 4 is 28.2 Å². The van der Waals surface area contributed by atoms with Gasteiger partial charge in [-0.15, -0.1) is 18.3 Å². The van der Waals surface area contributed by atoms with Gasteiger partial charge in [-0.2, -0.15) is 0 Å². The molecule has 0 aliphatic rings. The summed E-state index contributed by atoms with van der Waals surface area (Å²) in [5.41, 5.74) is 2.25. The molecule has 0 aliphatic carbocycles. The Balaban J connectivity index is 0.00000420. The number of carbonyl (C=O) groups excluding carboxylic acids is 1. The van der Waals surface area contributed by atoms with E-state index in [0.717, 1.165) is 0 Å². The van der Waals surface area contributed by atoms with Gasteiger partial charge >= 0.3 is 0 Å². The molecule has 156 valence electrons. The summed E-state index contributed by atoms with van der Waals surface area (Å²) in [7, 11) is -3.76. The van der Waals surface area contributed by atoms with Gasteiger partial charge in [-0.1, -0.05) is 12.0 Å². The lowest BCUT2D eigenvalue weighted by Gasteiger charge is -2.11. The lowest BCUT2D eigenvalue weighted by Crippen LogP contribution is -2.40. The van der Waals surface area contributed by atoms with E-state index in [2.05, 4.69) is 22.1 Å². The number of hydrogen-bond acceptors (Lipinski definition) is 7. The van der Waals surface area contributed by atoms with E-state index >= 15 is 0 Å². The number of hydroxylamine groups is 1. The van der Waals surface area contributed by atoms with E-state index in [9.17, 15) is 13.2 Å². The molecule has 8 nitrogen and oxygen atoms in total. The SMILES string of the molecule is CC#CCOc1ccc(S(=O)(=O)c2ccc(CNC(C)C(=O)NO)cn2)cc1.Cl. The first kappa shape index (κ1) is 24.4. The van der Waals surface area contributed by atoms with E-state index in [1.807, 2.05) is 0 Å². The molecule has 0 radical (unpaired) electrons. The average Bonchev–Trinajstić information content (AvgIpc) is 2.72. The fourth-order valence-corrected chi connectivity index (χ4v) is 3.34. The number of nitrogens with zero attached hydrogens (tertiary/aromatic N) is 1. The molecule has 1 aromatic carbocycles. The van der Waals surface area contributed by atoms with E-state index in [1.165, 1.54) is 24.4 Å². The molecule has 1 amide bonds. The molecule has 1 unspecified atom stereocenters. The number of halogens is 1. The Bertz CT molecular complexity index is 968. The van der Waals surface area contributed by atoms with Crippen LogP contribution in [-0.4, -0.2) is 37.2 Å². The van der Waals surface area contributed by atoms with Crippen LogP contribution in [0.15, 0.2) is 52.5 Å². The number of rotatable bonds is 8. The van der Waals surface area contributed by atoms with E-state index in [0.29, 0.717) is 11.3 Å². The van der Waals surface area contributed by atoms with Crippen molar-refractivity contribution in [1.29, 1.82) is 0 Å². The van der Waals surface area contributed by atoms with Gasteiger partial charge < -0.3 is 10.1 Å². The summed E-state index contributed by atoms with van der Waals surface area (Å²) in [5, 5.41) is 11.4. The van der Waals surface area contributed by atoms with Crippen LogP contribution < -0.4 is 15.5 Å². The second-order valence-electron chi connectivity index (χ2n) is 5.77. The van der Waals surface area contributed by atoms with Crippen LogP contribution >= 0.6 is 12.4 Å². The number of ether oxygens (including phenoxy) is 1. The summed E-state index contributed by atoms with van der Waals surface area (Å²) in [5.74, 6) is 5.42. The Kier molecular flexibility index (Phi) is 9.58. The first-order valence-electron chi connectivity index (χ1n) is 8.38. The highest BCUT2D eigenvalue weighted by atomic mass is 35.5. The van der Waals surface area contributed by atoms with Crippen molar-refractivity contribution in [1.82, 2.24) is 15.8 Å². The fraction of sp³-hybridized carbons (Fsp3) is 0.263. The maximum Gasteiger partial charge on any atom is 0.260 e. The minimum absolute atomic E-state index is 0. The minimum atomic E-state index is -3.76. The van der Waals surface area contributed by atoms with Gasteiger partial charge in [0.1, 0.15) is 12.4 Å². The van der Waals surface area contributed by atoms with Crippen LogP contribution in [0, 0.1) is 11.8 Å². The number of pyridine rings is 1. The first-order valence-corrected chi connectivity index (χ1v) is 9.86. The molecular formula is C19H22ClN3O5S. The molecule has 1 atom stereocenters. The summed E-state index contributed by atoms with van der Waals surface area (Å²) in [4.78, 5) is 15.4. The molecule has 2 rings (SSSR count). The normalized spacial score (nSPS) is 11.4. The minimum Gasteiger partial charge on any atom is -0.481 e. The third kappa shape index (κ3) is 6.73. The summed E-state index contributed by atoms with van der Waals surface area (Å²) >= 11 is 0. The zero-order chi connectivity index (χ0) is 20.6. The van der Waals surface area contributed by atoms with Crippen molar-refractivity contribution in [2.24, 2.45) is 0 Å². The monoisotopic (exact) mass is 439 g/mol. The summed E-state index contributed by atoms with van der Waals surface area (Å²) < 4.78 is 30.7. The highest BCUT2D eigenvalue weighted by molar-refractivity contribution is 7.91. The van der Waals surface area contributed by atoms with Crippen LogP contribution in [0.5, 0.6) is 5.75 Å². The standard InChI is InChI=1S/C19H21N3O5S.ClH/c1-3-4-11-27-16-6-8-17(9-7-16)28(25,26)18-10-5-15(13-21-18)12-20-14(2)19(23)22-24;/h5-10,13-14,20,24H,11-12H2,1-2H3,(H,22,23);1H. The molecule has 0 saturated heterocycles. The summed E-state index contributed by atoms with van der Waals surface area (Å²) in [6, 6.07) is 8.44. The lowest BCUT2D eigenvalue weighted by molar-refractivity contribution is -0.131. The smallest absolute Gasteiger partial charge is 0.260 e. The largest absolute Gasteiger partial charge is 0.481 e. The van der Waals surface area contributed by atoms with Gasteiger partial charge in [-0.3, -0.25) is 10.0 Å². The van der Waals surface area contributed by atoms with Gasteiger partial charge in [0.2, 0.25) is 9.84 Å². The van der Waals surface area contributed by atoms with Gasteiger partial charge in [-0.05, 0) is 49.7 Å². The van der Waals surface area contributed by atoms with Gasteiger partial charge in [0.25, 0.3) is 5.91 Å². The molecule has 0 spiro atoms. The maximum atomic E-state index is 12.7. The average molecular weight is 440 g/mol. The molecule has 0 bridgehead atoms. The van der Waals surface area contributed by atoms with Crippen molar-refractivity contribution in [3.8, 4) is 17.6 Å². The molecule has 10 heteroatoms. The zero-order valence-corrected chi connectivity index (χ0v) is 17.5. The predicted molar refractivity (Wildman–Crippen MR) is 109 cm³/mol. The van der Waals surface area contributed by atoms with E-state index in [4.69, 9.17) is 9.94 Å². The predicted octanol–water partition coefficient (Wildman–Crippen LogP) is 1.72. The lowest BCUT2D eigenvalue weighted by atomic mass is 10.2. The fourth-order valence-electron chi connectivity index (χ4n) is 2.16. The number of sulfone groups is 1. The van der Waals surface area contributed by atoms with Crippen molar-refractivity contribution in [2.75, 3.05) is 6.61 Å². The van der Waals surface area contributed by atoms with Gasteiger partial charge in [0, 0.05) is 12.7 Å². The summed E-state index contributed by atoms with van der Waals surface area (Å²) in [6.45, 7) is 3.81. The Morgan fingerprint density at radius 3 is 2.48 bits per heavy atom. The van der Waals surface area contributed by atoms with E-state index < -0.39 is 21.8 Å². The number of nitrogens with one attached hydrogen (secondary N) is 2. The molecule has 1 aromatic heterocycles. The number of aromatic nitrogens is 1. The maximum absolute atomic E-state index is 12.7. The molecule has 0 saturated carbocycles. The molecule has 0 fully saturated rings. The van der Waals surface area contributed by atoms with Crippen LogP contribution in [0.4, 0.5) is 0 Å². The van der Waals surface area contributed by atoms with Gasteiger partial charge in [-0.25, -0.2) is 18.9 Å². The molecule has 29 heavy (non-hydrogen) atoms. The first-order chi connectivity index (χ1) is 13.4. The number of carbonyl (C=O) groups is 1. The Hall–Kier alpha value is -2.64. The van der Waals surface area contributed by atoms with E-state index in [-0.39, 0.29) is 35.5 Å². The third-order valence-electron chi connectivity index (χ3n) is 3.81. The summed E-state index contributed by atoms with van der Waals surface area (Å²) in [6.07, 6.45) is 1.42. The number of benzene rings is 1. The quantitative estimate of drug-likeness (QED) is 0.325. The second kappa shape index (κ2) is 11.4. The Morgan fingerprint density at radius 2 is 1.93 bits per heavy atom. The van der Waals surface area contributed by atoms with Crippen LogP contribution in [-0.2, 0) is 21.2 Å². The van der Waals surface area contributed by atoms with Crippen molar-refractivity contribution in [3.05, 3.63) is 48.2 Å². The van der Waals surface area contributed by atoms with Crippen molar-refractivity contribution in [3.63, 3.8) is 0 Å². The van der Waals surface area contributed by atoms with Crippen LogP contribution in [0.2, 0.25) is 0 Å². The van der Waals surface area contributed by atoms with E-state index in [1.54, 1.807) is 37.5 Å². The highest BCUT2D eigenvalue weighted by Crippen LogP contribution is 2.22. The van der Waals surface area contributed by atoms with Gasteiger partial charge in [0.05, 0.1) is 10.9 Å². The highest BCUT2D eigenvalue weighted by Gasteiger charge is 2.19. The third-order valence-corrected chi connectivity index (χ3v) is 5.50. The van der Waals surface area contributed by atoms with Crippen molar-refractivity contribution < 1.29 is 23.2 Å². The number of amides is 1. The molecule has 2 aromatic rings. The molecule has 0 aliphatic heterocycles. The van der Waals surface area contributed by atoms with Crippen molar-refractivity contribution in [2.45, 2.75) is 36.4 Å². The topological polar surface area (TPSA) is 118 Å². The molecule has 3 N–H and O–H groups in total. The van der Waals surface area contributed by atoms with Gasteiger partial charge in [0.15, 0.2) is 5.03 Å². The van der Waals surface area contributed by atoms with Crippen LogP contribution in [0.1, 0.15) is 19.4 Å². The Morgan fingerprint density at radius 1 is 1.24 bits per heavy atom. The molecule has 1 heterocycles.